The van der Waals surface area contributed by atoms with Crippen molar-refractivity contribution in [3.8, 4) is 17.0 Å². The van der Waals surface area contributed by atoms with Crippen LogP contribution in [0.1, 0.15) is 5.56 Å². The fraction of sp³-hybridized carbons (Fsp3) is 0.226. The van der Waals surface area contributed by atoms with Crippen molar-refractivity contribution in [2.75, 3.05) is 37.6 Å². The first-order valence-electron chi connectivity index (χ1n) is 13.4. The number of rotatable bonds is 8. The molecule has 1 aliphatic rings. The number of nitrogens with zero attached hydrogens (tertiary/aromatic N) is 3. The van der Waals surface area contributed by atoms with Crippen LogP contribution in [0.25, 0.3) is 22.3 Å². The normalized spacial score (nSPS) is 14.1. The van der Waals surface area contributed by atoms with Crippen molar-refractivity contribution in [3.05, 3.63) is 116 Å². The molecular formula is C31H30ClN5O3. The van der Waals surface area contributed by atoms with Crippen molar-refractivity contribution in [1.29, 1.82) is 0 Å². The molecule has 1 aliphatic heterocycles. The molecule has 3 heterocycles. The number of anilines is 1. The van der Waals surface area contributed by atoms with E-state index in [9.17, 15) is 9.59 Å². The molecular weight excluding hydrogens is 526 g/mol. The van der Waals surface area contributed by atoms with E-state index in [1.54, 1.807) is 6.07 Å². The molecule has 0 spiro atoms. The second-order valence-electron chi connectivity index (χ2n) is 9.94. The number of halogens is 1. The molecule has 1 fully saturated rings. The maximum absolute atomic E-state index is 13.3. The van der Waals surface area contributed by atoms with Gasteiger partial charge in [0.05, 0.1) is 16.1 Å². The molecule has 1 saturated heterocycles. The van der Waals surface area contributed by atoms with E-state index in [0.29, 0.717) is 30.7 Å². The SMILES string of the molecule is O=c1[nH]c2[nH]c(-c3ccc(OCc4ccccc4)cc3)cc2c(=O)n1CCN1CCN(c2ccccc2Cl)CC1. The Balaban J connectivity index is 1.11. The maximum atomic E-state index is 13.3. The number of para-hydroxylation sites is 1. The first-order chi connectivity index (χ1) is 19.5. The van der Waals surface area contributed by atoms with E-state index in [2.05, 4.69) is 19.8 Å². The number of aromatic amines is 2. The van der Waals surface area contributed by atoms with Gasteiger partial charge in [0, 0.05) is 45.0 Å². The highest BCUT2D eigenvalue weighted by molar-refractivity contribution is 6.33. The molecule has 0 saturated carbocycles. The molecule has 40 heavy (non-hydrogen) atoms. The van der Waals surface area contributed by atoms with Crippen molar-refractivity contribution in [3.63, 3.8) is 0 Å². The molecule has 8 nitrogen and oxygen atoms in total. The number of fused-ring (bicyclic) bond motifs is 1. The summed E-state index contributed by atoms with van der Waals surface area (Å²) in [5.74, 6) is 0.757. The number of aromatic nitrogens is 3. The fourth-order valence-electron chi connectivity index (χ4n) is 5.13. The molecule has 0 radical (unpaired) electrons. The quantitative estimate of drug-likeness (QED) is 0.289. The van der Waals surface area contributed by atoms with Crippen LogP contribution in [-0.2, 0) is 13.2 Å². The highest BCUT2D eigenvalue weighted by atomic mass is 35.5. The first-order valence-corrected chi connectivity index (χ1v) is 13.8. The van der Waals surface area contributed by atoms with Crippen molar-refractivity contribution < 1.29 is 4.74 Å². The molecule has 2 N–H and O–H groups in total. The van der Waals surface area contributed by atoms with E-state index >= 15 is 0 Å². The number of nitrogens with one attached hydrogen (secondary N) is 2. The summed E-state index contributed by atoms with van der Waals surface area (Å²) in [5, 5.41) is 1.21. The molecule has 0 aliphatic carbocycles. The van der Waals surface area contributed by atoms with Gasteiger partial charge in [-0.05, 0) is 53.6 Å². The van der Waals surface area contributed by atoms with E-state index < -0.39 is 5.69 Å². The molecule has 2 aromatic heterocycles. The smallest absolute Gasteiger partial charge is 0.329 e. The third-order valence-electron chi connectivity index (χ3n) is 7.39. The van der Waals surface area contributed by atoms with Gasteiger partial charge in [0.2, 0.25) is 0 Å². The van der Waals surface area contributed by atoms with Crippen molar-refractivity contribution in [2.45, 2.75) is 13.2 Å². The van der Waals surface area contributed by atoms with Crippen LogP contribution in [0.3, 0.4) is 0 Å². The maximum Gasteiger partial charge on any atom is 0.329 e. The molecule has 3 aromatic carbocycles. The van der Waals surface area contributed by atoms with Gasteiger partial charge in [-0.15, -0.1) is 0 Å². The summed E-state index contributed by atoms with van der Waals surface area (Å²) in [6.45, 7) is 4.77. The van der Waals surface area contributed by atoms with Gasteiger partial charge in [-0.25, -0.2) is 4.79 Å². The Bertz CT molecular complexity index is 1720. The molecule has 0 unspecified atom stereocenters. The van der Waals surface area contributed by atoms with E-state index in [0.717, 1.165) is 59.5 Å². The molecule has 0 amide bonds. The molecule has 0 atom stereocenters. The second kappa shape index (κ2) is 11.5. The van der Waals surface area contributed by atoms with Crippen molar-refractivity contribution in [1.82, 2.24) is 19.4 Å². The summed E-state index contributed by atoms with van der Waals surface area (Å²) in [6.07, 6.45) is 0. The standard InChI is InChI=1S/C31H30ClN5O3/c32-26-8-4-5-9-28(26)36-17-14-35(15-18-36)16-19-37-30(38)25-20-27(33-29(25)34-31(37)39)23-10-12-24(13-11-23)40-21-22-6-2-1-3-7-22/h1-13,20,33H,14-19,21H2,(H,34,39). The number of hydrogen-bond acceptors (Lipinski definition) is 5. The van der Waals surface area contributed by atoms with Gasteiger partial charge < -0.3 is 14.6 Å². The average molecular weight is 556 g/mol. The van der Waals surface area contributed by atoms with E-state index in [1.165, 1.54) is 4.57 Å². The lowest BCUT2D eigenvalue weighted by atomic mass is 10.1. The largest absolute Gasteiger partial charge is 0.489 e. The highest BCUT2D eigenvalue weighted by Gasteiger charge is 2.19. The number of hydrogen-bond donors (Lipinski definition) is 2. The fourth-order valence-corrected chi connectivity index (χ4v) is 5.38. The molecule has 0 bridgehead atoms. The lowest BCUT2D eigenvalue weighted by Gasteiger charge is -2.36. The summed E-state index contributed by atoms with van der Waals surface area (Å²) in [4.78, 5) is 36.7. The molecule has 204 valence electrons. The zero-order chi connectivity index (χ0) is 27.5. The minimum atomic E-state index is -0.412. The van der Waals surface area contributed by atoms with Crippen LogP contribution in [0.4, 0.5) is 5.69 Å². The average Bonchev–Trinajstić information content (AvgIpc) is 3.42. The third kappa shape index (κ3) is 5.54. The Morgan fingerprint density at radius 2 is 1.52 bits per heavy atom. The first kappa shape index (κ1) is 26.0. The lowest BCUT2D eigenvalue weighted by molar-refractivity contribution is 0.246. The topological polar surface area (TPSA) is 86.4 Å². The Morgan fingerprint density at radius 1 is 0.800 bits per heavy atom. The van der Waals surface area contributed by atoms with Crippen LogP contribution in [0.5, 0.6) is 5.75 Å². The Kier molecular flexibility index (Phi) is 7.44. The molecule has 9 heteroatoms. The van der Waals surface area contributed by atoms with Gasteiger partial charge in [-0.3, -0.25) is 19.2 Å². The van der Waals surface area contributed by atoms with Gasteiger partial charge >= 0.3 is 5.69 Å². The van der Waals surface area contributed by atoms with Crippen LogP contribution < -0.4 is 20.9 Å². The zero-order valence-corrected chi connectivity index (χ0v) is 22.7. The zero-order valence-electron chi connectivity index (χ0n) is 22.0. The Morgan fingerprint density at radius 3 is 2.27 bits per heavy atom. The molecule has 6 rings (SSSR count). The summed E-state index contributed by atoms with van der Waals surface area (Å²) < 4.78 is 7.17. The minimum absolute atomic E-state index is 0.293. The highest BCUT2D eigenvalue weighted by Crippen LogP contribution is 2.26. The van der Waals surface area contributed by atoms with Gasteiger partial charge in [-0.1, -0.05) is 54.1 Å². The van der Waals surface area contributed by atoms with Crippen LogP contribution in [0.2, 0.25) is 5.02 Å². The van der Waals surface area contributed by atoms with E-state index in [4.69, 9.17) is 16.3 Å². The van der Waals surface area contributed by atoms with Gasteiger partial charge in [0.1, 0.15) is 18.0 Å². The predicted octanol–water partition coefficient (Wildman–Crippen LogP) is 4.74. The Labute approximate surface area is 236 Å². The van der Waals surface area contributed by atoms with Crippen LogP contribution in [0.15, 0.2) is 94.5 Å². The number of piperazine rings is 1. The van der Waals surface area contributed by atoms with E-state index in [1.807, 2.05) is 78.9 Å². The Hall–Kier alpha value is -4.27. The monoisotopic (exact) mass is 555 g/mol. The minimum Gasteiger partial charge on any atom is -0.489 e. The summed E-state index contributed by atoms with van der Waals surface area (Å²) >= 11 is 6.36. The predicted molar refractivity (Wildman–Crippen MR) is 159 cm³/mol. The van der Waals surface area contributed by atoms with Gasteiger partial charge in [-0.2, -0.15) is 0 Å². The second-order valence-corrected chi connectivity index (χ2v) is 10.3. The van der Waals surface area contributed by atoms with Crippen molar-refractivity contribution >= 4 is 28.3 Å². The third-order valence-corrected chi connectivity index (χ3v) is 7.71. The van der Waals surface area contributed by atoms with Gasteiger partial charge in [0.15, 0.2) is 0 Å². The lowest BCUT2D eigenvalue weighted by Crippen LogP contribution is -2.48. The van der Waals surface area contributed by atoms with Gasteiger partial charge in [0.25, 0.3) is 5.56 Å². The van der Waals surface area contributed by atoms with Crippen LogP contribution in [0, 0.1) is 0 Å². The van der Waals surface area contributed by atoms with Crippen LogP contribution in [-0.4, -0.2) is 52.2 Å². The molecule has 5 aromatic rings. The number of benzene rings is 3. The number of H-pyrrole nitrogens is 2. The number of ether oxygens (including phenoxy) is 1. The van der Waals surface area contributed by atoms with Crippen LogP contribution >= 0.6 is 11.6 Å². The van der Waals surface area contributed by atoms with Crippen molar-refractivity contribution in [2.24, 2.45) is 0 Å². The summed E-state index contributed by atoms with van der Waals surface area (Å²) in [6, 6.07) is 27.3. The summed E-state index contributed by atoms with van der Waals surface area (Å²) in [7, 11) is 0. The summed E-state index contributed by atoms with van der Waals surface area (Å²) in [5.41, 5.74) is 3.52. The van der Waals surface area contributed by atoms with E-state index in [-0.39, 0.29) is 5.56 Å².